The van der Waals surface area contributed by atoms with Crippen LogP contribution in [0.3, 0.4) is 0 Å². The third-order valence-electron chi connectivity index (χ3n) is 4.75. The number of aliphatic carboxylic acids is 1. The van der Waals surface area contributed by atoms with Gasteiger partial charge in [-0.1, -0.05) is 0 Å². The van der Waals surface area contributed by atoms with Gasteiger partial charge in [-0.2, -0.15) is 0 Å². The van der Waals surface area contributed by atoms with E-state index in [9.17, 15) is 9.90 Å². The second-order valence-electron chi connectivity index (χ2n) is 5.75. The van der Waals surface area contributed by atoms with Crippen molar-refractivity contribution in [2.75, 3.05) is 24.5 Å². The zero-order chi connectivity index (χ0) is 14.4. The van der Waals surface area contributed by atoms with Gasteiger partial charge in [-0.3, -0.25) is 4.79 Å². The molecule has 0 radical (unpaired) electrons. The summed E-state index contributed by atoms with van der Waals surface area (Å²) in [4.78, 5) is 25.4. The fourth-order valence-electron chi connectivity index (χ4n) is 3.77. The highest BCUT2D eigenvalue weighted by Gasteiger charge is 2.44. The molecule has 2 aliphatic heterocycles. The Bertz CT molecular complexity index is 685. The second-order valence-corrected chi connectivity index (χ2v) is 5.75. The predicted octanol–water partition coefficient (Wildman–Crippen LogP) is 0.457. The zero-order valence-corrected chi connectivity index (χ0v) is 11.5. The number of piperidine rings is 1. The molecule has 1 unspecified atom stereocenters. The molecule has 3 N–H and O–H groups in total. The Kier molecular flexibility index (Phi) is 2.81. The van der Waals surface area contributed by atoms with Gasteiger partial charge in [0, 0.05) is 31.9 Å². The number of nitrogens with zero attached hydrogens (tertiary/aromatic N) is 3. The van der Waals surface area contributed by atoms with Gasteiger partial charge in [-0.15, -0.1) is 0 Å². The van der Waals surface area contributed by atoms with Gasteiger partial charge < -0.3 is 20.3 Å². The summed E-state index contributed by atoms with van der Waals surface area (Å²) in [6.07, 6.45) is 4.32. The Morgan fingerprint density at radius 1 is 1.38 bits per heavy atom. The van der Waals surface area contributed by atoms with Crippen molar-refractivity contribution < 1.29 is 9.90 Å². The number of aromatic nitrogens is 3. The van der Waals surface area contributed by atoms with Gasteiger partial charge in [-0.05, 0) is 18.4 Å². The molecule has 3 atom stereocenters. The van der Waals surface area contributed by atoms with Crippen molar-refractivity contribution in [1.82, 2.24) is 20.3 Å². The molecule has 21 heavy (non-hydrogen) atoms. The van der Waals surface area contributed by atoms with Crippen molar-refractivity contribution in [3.8, 4) is 0 Å². The molecule has 2 fully saturated rings. The molecule has 0 bridgehead atoms. The van der Waals surface area contributed by atoms with E-state index in [1.54, 1.807) is 6.33 Å². The summed E-state index contributed by atoms with van der Waals surface area (Å²) in [6, 6.07) is 2.16. The number of H-pyrrole nitrogens is 1. The van der Waals surface area contributed by atoms with Gasteiger partial charge in [0.1, 0.15) is 17.8 Å². The summed E-state index contributed by atoms with van der Waals surface area (Å²) < 4.78 is 0. The largest absolute Gasteiger partial charge is 0.481 e. The zero-order valence-electron chi connectivity index (χ0n) is 11.5. The number of carboxylic acids is 1. The molecule has 2 aromatic rings. The van der Waals surface area contributed by atoms with E-state index in [0.29, 0.717) is 6.54 Å². The lowest BCUT2D eigenvalue weighted by molar-refractivity contribution is -0.144. The molecular formula is C14H17N5O2. The second kappa shape index (κ2) is 4.70. The smallest absolute Gasteiger partial charge is 0.308 e. The minimum Gasteiger partial charge on any atom is -0.481 e. The van der Waals surface area contributed by atoms with Crippen molar-refractivity contribution in [2.45, 2.75) is 12.5 Å². The van der Waals surface area contributed by atoms with Crippen molar-refractivity contribution in [3.63, 3.8) is 0 Å². The van der Waals surface area contributed by atoms with Crippen LogP contribution in [0.2, 0.25) is 0 Å². The van der Waals surface area contributed by atoms with E-state index in [1.165, 1.54) is 0 Å². The highest BCUT2D eigenvalue weighted by atomic mass is 16.4. The quantitative estimate of drug-likeness (QED) is 0.743. The molecule has 2 aliphatic rings. The highest BCUT2D eigenvalue weighted by molar-refractivity contribution is 5.87. The van der Waals surface area contributed by atoms with Crippen molar-refractivity contribution in [1.29, 1.82) is 0 Å². The average Bonchev–Trinajstić information content (AvgIpc) is 3.12. The van der Waals surface area contributed by atoms with Gasteiger partial charge in [0.2, 0.25) is 0 Å². The van der Waals surface area contributed by atoms with E-state index < -0.39 is 5.97 Å². The first-order valence-corrected chi connectivity index (χ1v) is 7.24. The summed E-state index contributed by atoms with van der Waals surface area (Å²) in [5.74, 6) is 0.0835. The van der Waals surface area contributed by atoms with Crippen molar-refractivity contribution >= 4 is 22.8 Å². The highest BCUT2D eigenvalue weighted by Crippen LogP contribution is 2.37. The topological polar surface area (TPSA) is 94.1 Å². The minimum absolute atomic E-state index is 0.188. The maximum Gasteiger partial charge on any atom is 0.308 e. The number of aromatic amines is 1. The molecule has 0 aliphatic carbocycles. The fraction of sp³-hybridized carbons (Fsp3) is 0.500. The van der Waals surface area contributed by atoms with Crippen LogP contribution in [0.15, 0.2) is 18.6 Å². The Labute approximate surface area is 121 Å². The molecule has 2 saturated heterocycles. The number of carboxylic acid groups (broad SMARTS) is 1. The first-order valence-electron chi connectivity index (χ1n) is 7.24. The molecular weight excluding hydrogens is 270 g/mol. The van der Waals surface area contributed by atoms with Crippen LogP contribution in [-0.2, 0) is 4.79 Å². The van der Waals surface area contributed by atoms with Crippen LogP contribution in [-0.4, -0.2) is 51.7 Å². The van der Waals surface area contributed by atoms with E-state index in [1.807, 2.05) is 12.3 Å². The lowest BCUT2D eigenvalue weighted by Gasteiger charge is -2.36. The third-order valence-corrected chi connectivity index (χ3v) is 4.75. The van der Waals surface area contributed by atoms with Crippen LogP contribution >= 0.6 is 0 Å². The third kappa shape index (κ3) is 1.88. The molecule has 7 heteroatoms. The molecule has 0 spiro atoms. The number of hydrogen-bond donors (Lipinski definition) is 3. The van der Waals surface area contributed by atoms with E-state index in [4.69, 9.17) is 0 Å². The fourth-order valence-corrected chi connectivity index (χ4v) is 3.77. The molecule has 4 heterocycles. The van der Waals surface area contributed by atoms with Crippen LogP contribution in [0, 0.1) is 11.8 Å². The number of anilines is 1. The van der Waals surface area contributed by atoms with Gasteiger partial charge >= 0.3 is 5.97 Å². The lowest BCUT2D eigenvalue weighted by Crippen LogP contribution is -2.52. The van der Waals surface area contributed by atoms with Gasteiger partial charge in [0.15, 0.2) is 0 Å². The summed E-state index contributed by atoms with van der Waals surface area (Å²) in [5, 5.41) is 13.6. The maximum atomic E-state index is 11.4. The Morgan fingerprint density at radius 3 is 3.14 bits per heavy atom. The molecule has 2 aromatic heterocycles. The van der Waals surface area contributed by atoms with E-state index >= 15 is 0 Å². The number of nitrogens with one attached hydrogen (secondary N) is 2. The first kappa shape index (κ1) is 12.6. The molecule has 0 amide bonds. The molecule has 4 rings (SSSR count). The first-order chi connectivity index (χ1) is 10.3. The molecule has 7 nitrogen and oxygen atoms in total. The lowest BCUT2D eigenvalue weighted by atomic mass is 9.83. The van der Waals surface area contributed by atoms with E-state index in [0.717, 1.165) is 36.4 Å². The van der Waals surface area contributed by atoms with Crippen LogP contribution < -0.4 is 10.2 Å². The van der Waals surface area contributed by atoms with Crippen LogP contribution in [0.4, 0.5) is 5.82 Å². The number of fused-ring (bicyclic) bond motifs is 2. The SMILES string of the molecule is O=C(O)C1CNC[C@H]2[C@@H]1CCN2c1ncnc2[nH]ccc12. The number of carbonyl (C=O) groups is 1. The Hall–Kier alpha value is -2.15. The monoisotopic (exact) mass is 287 g/mol. The summed E-state index contributed by atoms with van der Waals surface area (Å²) in [5.41, 5.74) is 0.821. The van der Waals surface area contributed by atoms with Gasteiger partial charge in [-0.25, -0.2) is 9.97 Å². The average molecular weight is 287 g/mol. The summed E-state index contributed by atoms with van der Waals surface area (Å²) >= 11 is 0. The van der Waals surface area contributed by atoms with Crippen molar-refractivity contribution in [3.05, 3.63) is 18.6 Å². The van der Waals surface area contributed by atoms with Crippen LogP contribution in [0.1, 0.15) is 6.42 Å². The minimum atomic E-state index is -0.700. The molecule has 0 saturated carbocycles. The number of rotatable bonds is 2. The normalized spacial score (nSPS) is 28.8. The number of hydrogen-bond acceptors (Lipinski definition) is 5. The van der Waals surface area contributed by atoms with Crippen LogP contribution in [0.25, 0.3) is 11.0 Å². The standard InChI is InChI=1S/C14H17N5O2/c20-14(21)10-5-15-6-11-8(10)2-4-19(11)13-9-1-3-16-12(9)17-7-18-13/h1,3,7-8,10-11,15H,2,4-6H2,(H,20,21)(H,16,17,18)/t8-,10?,11+/m1/s1. The van der Waals surface area contributed by atoms with Gasteiger partial charge in [0.25, 0.3) is 0 Å². The summed E-state index contributed by atoms with van der Waals surface area (Å²) in [7, 11) is 0. The van der Waals surface area contributed by atoms with E-state index in [2.05, 4.69) is 25.2 Å². The van der Waals surface area contributed by atoms with Crippen LogP contribution in [0.5, 0.6) is 0 Å². The molecule has 110 valence electrons. The predicted molar refractivity (Wildman–Crippen MR) is 77.1 cm³/mol. The van der Waals surface area contributed by atoms with E-state index in [-0.39, 0.29) is 17.9 Å². The maximum absolute atomic E-state index is 11.4. The Morgan fingerprint density at radius 2 is 2.29 bits per heavy atom. The Balaban J connectivity index is 1.71. The molecule has 0 aromatic carbocycles. The van der Waals surface area contributed by atoms with Gasteiger partial charge in [0.05, 0.1) is 11.3 Å². The van der Waals surface area contributed by atoms with Crippen molar-refractivity contribution in [2.24, 2.45) is 11.8 Å². The summed E-state index contributed by atoms with van der Waals surface area (Å²) in [6.45, 7) is 2.22.